The van der Waals surface area contributed by atoms with E-state index in [1.807, 2.05) is 18.2 Å². The van der Waals surface area contributed by atoms with Crippen LogP contribution >= 0.6 is 0 Å². The molecule has 1 aromatic carbocycles. The fourth-order valence-corrected chi connectivity index (χ4v) is 2.56. The smallest absolute Gasteiger partial charge is 0.130 e. The maximum absolute atomic E-state index is 7.53. The molecule has 0 atom stereocenters. The van der Waals surface area contributed by atoms with Crippen molar-refractivity contribution in [3.63, 3.8) is 0 Å². The summed E-state index contributed by atoms with van der Waals surface area (Å²) in [5.74, 6) is 0.684. The Kier molecular flexibility index (Phi) is 4.30. The Labute approximate surface area is 120 Å². The topological polar surface area (TPSA) is 71.6 Å². The molecule has 0 saturated carbocycles. The number of nitrogens with zero attached hydrogens (tertiary/aromatic N) is 1. The summed E-state index contributed by atoms with van der Waals surface area (Å²) >= 11 is 0. The minimum absolute atomic E-state index is 0.0286. The van der Waals surface area contributed by atoms with E-state index in [-0.39, 0.29) is 11.4 Å². The second kappa shape index (κ2) is 5.81. The van der Waals surface area contributed by atoms with Crippen molar-refractivity contribution in [1.82, 2.24) is 4.90 Å². The van der Waals surface area contributed by atoms with E-state index in [1.165, 1.54) is 0 Å². The molecule has 0 unspecified atom stereocenters. The molecule has 0 aromatic heterocycles. The van der Waals surface area contributed by atoms with Gasteiger partial charge in [-0.1, -0.05) is 6.07 Å². The van der Waals surface area contributed by atoms with E-state index in [0.717, 1.165) is 31.8 Å². The highest BCUT2D eigenvalue weighted by atomic mass is 16.5. The highest BCUT2D eigenvalue weighted by molar-refractivity contribution is 5.97. The van der Waals surface area contributed by atoms with Crippen LogP contribution in [0.1, 0.15) is 25.0 Å². The van der Waals surface area contributed by atoms with Crippen molar-refractivity contribution in [2.75, 3.05) is 26.8 Å². The summed E-state index contributed by atoms with van der Waals surface area (Å²) in [6, 6.07) is 5.81. The largest absolute Gasteiger partial charge is 0.496 e. The maximum Gasteiger partial charge on any atom is 0.130 e. The summed E-state index contributed by atoms with van der Waals surface area (Å²) in [6.45, 7) is 7.66. The fraction of sp³-hybridized carbons (Fsp3) is 0.533. The van der Waals surface area contributed by atoms with Crippen molar-refractivity contribution >= 4 is 5.84 Å². The van der Waals surface area contributed by atoms with Gasteiger partial charge in [0.15, 0.2) is 0 Å². The second-order valence-corrected chi connectivity index (χ2v) is 5.77. The van der Waals surface area contributed by atoms with Gasteiger partial charge in [-0.15, -0.1) is 0 Å². The quantitative estimate of drug-likeness (QED) is 0.647. The lowest BCUT2D eigenvalue weighted by Gasteiger charge is -2.38. The maximum atomic E-state index is 7.53. The summed E-state index contributed by atoms with van der Waals surface area (Å²) in [4.78, 5) is 2.37. The molecule has 5 nitrogen and oxygen atoms in total. The molecule has 0 amide bonds. The van der Waals surface area contributed by atoms with Crippen LogP contribution in [0.15, 0.2) is 18.2 Å². The average molecular weight is 277 g/mol. The zero-order valence-corrected chi connectivity index (χ0v) is 12.4. The van der Waals surface area contributed by atoms with E-state index in [0.29, 0.717) is 11.3 Å². The van der Waals surface area contributed by atoms with Crippen LogP contribution in [0.5, 0.6) is 5.75 Å². The number of hydrogen-bond donors (Lipinski definition) is 2. The lowest BCUT2D eigenvalue weighted by atomic mass is 10.1. The predicted molar refractivity (Wildman–Crippen MR) is 79.3 cm³/mol. The molecule has 20 heavy (non-hydrogen) atoms. The number of benzene rings is 1. The number of nitrogens with one attached hydrogen (secondary N) is 1. The van der Waals surface area contributed by atoms with Gasteiger partial charge in [0, 0.05) is 19.6 Å². The Balaban J connectivity index is 2.12. The zero-order valence-electron chi connectivity index (χ0n) is 12.4. The van der Waals surface area contributed by atoms with Crippen LogP contribution in [0.25, 0.3) is 0 Å². The normalized spacial score (nSPS) is 18.8. The number of ether oxygens (including phenoxy) is 2. The van der Waals surface area contributed by atoms with Crippen LogP contribution in [0.2, 0.25) is 0 Å². The van der Waals surface area contributed by atoms with Crippen LogP contribution < -0.4 is 10.5 Å². The van der Waals surface area contributed by atoms with Gasteiger partial charge in [-0.25, -0.2) is 0 Å². The third kappa shape index (κ3) is 3.49. The van der Waals surface area contributed by atoms with E-state index in [4.69, 9.17) is 20.6 Å². The highest BCUT2D eigenvalue weighted by Crippen LogP contribution is 2.23. The SMILES string of the molecule is COc1cc(CN2CCOC(C)(C)C2)ccc1C(=N)N. The monoisotopic (exact) mass is 277 g/mol. The zero-order chi connectivity index (χ0) is 14.8. The first-order valence-electron chi connectivity index (χ1n) is 6.79. The van der Waals surface area contributed by atoms with E-state index in [9.17, 15) is 0 Å². The molecule has 0 bridgehead atoms. The van der Waals surface area contributed by atoms with Crippen molar-refractivity contribution in [3.8, 4) is 5.75 Å². The summed E-state index contributed by atoms with van der Waals surface area (Å²) in [7, 11) is 1.60. The van der Waals surface area contributed by atoms with Crippen LogP contribution in [0.3, 0.4) is 0 Å². The van der Waals surface area contributed by atoms with Gasteiger partial charge >= 0.3 is 0 Å². The van der Waals surface area contributed by atoms with E-state index in [1.54, 1.807) is 7.11 Å². The predicted octanol–water partition coefficient (Wildman–Crippen LogP) is 1.59. The molecule has 1 aliphatic rings. The number of methoxy groups -OCH3 is 1. The molecule has 1 heterocycles. The van der Waals surface area contributed by atoms with Gasteiger partial charge in [0.25, 0.3) is 0 Å². The number of hydrogen-bond acceptors (Lipinski definition) is 4. The van der Waals surface area contributed by atoms with E-state index in [2.05, 4.69) is 18.7 Å². The van der Waals surface area contributed by atoms with Crippen LogP contribution in [0, 0.1) is 5.41 Å². The average Bonchev–Trinajstić information content (AvgIpc) is 2.37. The van der Waals surface area contributed by atoms with Crippen molar-refractivity contribution in [3.05, 3.63) is 29.3 Å². The summed E-state index contributed by atoms with van der Waals surface area (Å²) < 4.78 is 11.0. The number of nitrogen functional groups attached to an aromatic ring is 1. The summed E-state index contributed by atoms with van der Waals surface area (Å²) in [5, 5.41) is 7.53. The second-order valence-electron chi connectivity index (χ2n) is 5.77. The fourth-order valence-electron chi connectivity index (χ4n) is 2.56. The molecule has 110 valence electrons. The molecule has 0 aliphatic carbocycles. The van der Waals surface area contributed by atoms with Crippen molar-refractivity contribution in [2.45, 2.75) is 26.0 Å². The molecule has 0 radical (unpaired) electrons. The summed E-state index contributed by atoms with van der Waals surface area (Å²) in [5.41, 5.74) is 7.24. The Morgan fingerprint density at radius 2 is 2.25 bits per heavy atom. The van der Waals surface area contributed by atoms with Gasteiger partial charge in [-0.2, -0.15) is 0 Å². The van der Waals surface area contributed by atoms with Gasteiger partial charge in [0.05, 0.1) is 24.9 Å². The van der Waals surface area contributed by atoms with Crippen LogP contribution in [0.4, 0.5) is 0 Å². The number of morpholine rings is 1. The molecular formula is C15H23N3O2. The van der Waals surface area contributed by atoms with Gasteiger partial charge in [0.2, 0.25) is 0 Å². The number of nitrogens with two attached hydrogens (primary N) is 1. The van der Waals surface area contributed by atoms with Crippen LogP contribution in [-0.2, 0) is 11.3 Å². The van der Waals surface area contributed by atoms with Crippen molar-refractivity contribution in [1.29, 1.82) is 5.41 Å². The van der Waals surface area contributed by atoms with E-state index >= 15 is 0 Å². The number of amidine groups is 1. The molecule has 5 heteroatoms. The molecule has 1 aliphatic heterocycles. The lowest BCUT2D eigenvalue weighted by molar-refractivity contribution is -0.0882. The Hall–Kier alpha value is -1.59. The first kappa shape index (κ1) is 14.8. The third-order valence-electron chi connectivity index (χ3n) is 3.47. The first-order chi connectivity index (χ1) is 9.41. The molecule has 0 spiro atoms. The van der Waals surface area contributed by atoms with Crippen LogP contribution in [-0.4, -0.2) is 43.1 Å². The summed E-state index contributed by atoms with van der Waals surface area (Å²) in [6.07, 6.45) is 0. The highest BCUT2D eigenvalue weighted by Gasteiger charge is 2.27. The van der Waals surface area contributed by atoms with Crippen molar-refractivity contribution < 1.29 is 9.47 Å². The Morgan fingerprint density at radius 1 is 1.50 bits per heavy atom. The molecular weight excluding hydrogens is 254 g/mol. The van der Waals surface area contributed by atoms with Gasteiger partial charge in [-0.3, -0.25) is 10.3 Å². The minimum atomic E-state index is -0.0956. The lowest BCUT2D eigenvalue weighted by Crippen LogP contribution is -2.47. The Bertz CT molecular complexity index is 500. The van der Waals surface area contributed by atoms with Crippen molar-refractivity contribution in [2.24, 2.45) is 5.73 Å². The molecule has 1 saturated heterocycles. The Morgan fingerprint density at radius 3 is 2.85 bits per heavy atom. The minimum Gasteiger partial charge on any atom is -0.496 e. The van der Waals surface area contributed by atoms with Gasteiger partial charge < -0.3 is 15.2 Å². The number of rotatable bonds is 4. The molecule has 2 rings (SSSR count). The molecule has 1 fully saturated rings. The standard InChI is InChI=1S/C15H23N3O2/c1-15(2)10-18(6-7-20-15)9-11-4-5-12(14(16)17)13(8-11)19-3/h4-5,8H,6-7,9-10H2,1-3H3,(H3,16,17). The first-order valence-corrected chi connectivity index (χ1v) is 6.79. The van der Waals surface area contributed by atoms with Gasteiger partial charge in [0.1, 0.15) is 11.6 Å². The van der Waals surface area contributed by atoms with E-state index < -0.39 is 0 Å². The third-order valence-corrected chi connectivity index (χ3v) is 3.47. The molecule has 1 aromatic rings. The molecule has 3 N–H and O–H groups in total. The van der Waals surface area contributed by atoms with Gasteiger partial charge in [-0.05, 0) is 31.5 Å².